The van der Waals surface area contributed by atoms with Gasteiger partial charge in [0.15, 0.2) is 0 Å². The minimum atomic E-state index is -2.52. The fraction of sp³-hybridized carbons (Fsp3) is 0.280. The topological polar surface area (TPSA) is 0 Å². The molecule has 2 heteroatoms. The van der Waals surface area contributed by atoms with Crippen molar-refractivity contribution in [2.45, 2.75) is 39.0 Å². The van der Waals surface area contributed by atoms with Crippen molar-refractivity contribution in [1.82, 2.24) is 0 Å². The van der Waals surface area contributed by atoms with Gasteiger partial charge in [0.1, 0.15) is 0 Å². The molecule has 0 aliphatic carbocycles. The van der Waals surface area contributed by atoms with Gasteiger partial charge in [0, 0.05) is 0 Å². The van der Waals surface area contributed by atoms with Gasteiger partial charge >= 0.3 is 178 Å². The van der Waals surface area contributed by atoms with Crippen molar-refractivity contribution in [1.29, 1.82) is 0 Å². The third-order valence-electron chi connectivity index (χ3n) is 5.57. The molecule has 0 aliphatic rings. The standard InChI is InChI=1S/C25H30IP/c1-2-3-4-5-15-22-27(26,23-16-9-6-10-17-23,24-18-11-7-12-19-24)25-20-13-8-14-21-25/h6-14,16-21H,2-5,15,22H2,1H3. The number of rotatable bonds is 9. The van der Waals surface area contributed by atoms with Crippen LogP contribution in [0.3, 0.4) is 0 Å². The first-order valence-corrected chi connectivity index (χ1v) is 15.3. The van der Waals surface area contributed by atoms with E-state index in [0.717, 1.165) is 0 Å². The third kappa shape index (κ3) is 4.15. The third-order valence-corrected chi connectivity index (χ3v) is 17.3. The zero-order valence-electron chi connectivity index (χ0n) is 16.2. The maximum atomic E-state index is 2.90. The molecular weight excluding hydrogens is 458 g/mol. The van der Waals surface area contributed by atoms with E-state index in [1.165, 1.54) is 54.2 Å². The Kier molecular flexibility index (Phi) is 7.11. The Morgan fingerprint density at radius 3 is 1.30 bits per heavy atom. The Morgan fingerprint density at radius 1 is 0.556 bits per heavy atom. The van der Waals surface area contributed by atoms with E-state index < -0.39 is 4.25 Å². The van der Waals surface area contributed by atoms with Crippen LogP contribution in [0.4, 0.5) is 0 Å². The van der Waals surface area contributed by atoms with Gasteiger partial charge in [-0.25, -0.2) is 0 Å². The summed E-state index contributed by atoms with van der Waals surface area (Å²) in [6, 6.07) is 33.8. The molecule has 0 heterocycles. The quantitative estimate of drug-likeness (QED) is 0.176. The van der Waals surface area contributed by atoms with Crippen LogP contribution in [-0.2, 0) is 0 Å². The summed E-state index contributed by atoms with van der Waals surface area (Å²) < 4.78 is -2.52. The molecule has 0 aliphatic heterocycles. The molecule has 0 amide bonds. The molecule has 0 fully saturated rings. The molecule has 0 N–H and O–H groups in total. The summed E-state index contributed by atoms with van der Waals surface area (Å²) in [5, 5.41) is 4.49. The van der Waals surface area contributed by atoms with Crippen LogP contribution in [0.25, 0.3) is 0 Å². The van der Waals surface area contributed by atoms with Crippen LogP contribution in [0.1, 0.15) is 39.0 Å². The van der Waals surface area contributed by atoms with E-state index in [9.17, 15) is 0 Å². The number of halogens is 1. The maximum absolute atomic E-state index is 2.90. The molecule has 142 valence electrons. The van der Waals surface area contributed by atoms with Gasteiger partial charge in [0.2, 0.25) is 0 Å². The summed E-state index contributed by atoms with van der Waals surface area (Å²) >= 11 is 2.90. The molecule has 0 aromatic heterocycles. The molecule has 0 bridgehead atoms. The second-order valence-corrected chi connectivity index (χ2v) is 18.1. The Morgan fingerprint density at radius 2 is 0.926 bits per heavy atom. The Bertz CT molecular complexity index is 715. The predicted molar refractivity (Wildman–Crippen MR) is 133 cm³/mol. The summed E-state index contributed by atoms with van der Waals surface area (Å²) in [7, 11) is 0. The van der Waals surface area contributed by atoms with Crippen molar-refractivity contribution in [3.63, 3.8) is 0 Å². The van der Waals surface area contributed by atoms with Crippen LogP contribution in [0, 0.1) is 0 Å². The number of unbranched alkanes of at least 4 members (excludes halogenated alkanes) is 4. The monoisotopic (exact) mass is 488 g/mol. The Hall–Kier alpha value is -1.18. The minimum absolute atomic E-state index is 1.23. The van der Waals surface area contributed by atoms with E-state index >= 15 is 0 Å². The van der Waals surface area contributed by atoms with Crippen molar-refractivity contribution < 1.29 is 0 Å². The van der Waals surface area contributed by atoms with Gasteiger partial charge in [-0.05, 0) is 0 Å². The molecule has 27 heavy (non-hydrogen) atoms. The molecule has 3 rings (SSSR count). The second-order valence-electron chi connectivity index (χ2n) is 7.33. The summed E-state index contributed by atoms with van der Waals surface area (Å²) in [5.41, 5.74) is 0. The Balaban J connectivity index is 2.16. The van der Waals surface area contributed by atoms with E-state index in [1.807, 2.05) is 0 Å². The molecule has 3 aromatic rings. The average molecular weight is 488 g/mol. The molecular formula is C25H30IP. The van der Waals surface area contributed by atoms with Crippen molar-refractivity contribution in [2.75, 3.05) is 6.16 Å². The first-order valence-electron chi connectivity index (χ1n) is 10.1. The summed E-state index contributed by atoms with van der Waals surface area (Å²) in [6.07, 6.45) is 7.82. The van der Waals surface area contributed by atoms with E-state index in [-0.39, 0.29) is 0 Å². The summed E-state index contributed by atoms with van der Waals surface area (Å²) in [5.74, 6) is 0. The fourth-order valence-corrected chi connectivity index (χ4v) is 12.8. The van der Waals surface area contributed by atoms with Crippen LogP contribution in [0.5, 0.6) is 0 Å². The van der Waals surface area contributed by atoms with Crippen molar-refractivity contribution in [3.8, 4) is 0 Å². The van der Waals surface area contributed by atoms with Crippen LogP contribution < -0.4 is 15.9 Å². The SMILES string of the molecule is CCCCCCCP(I)(c1ccccc1)(c1ccccc1)c1ccccc1. The van der Waals surface area contributed by atoms with E-state index in [1.54, 1.807) is 0 Å². The van der Waals surface area contributed by atoms with E-state index in [0.29, 0.717) is 0 Å². The molecule has 0 atom stereocenters. The molecule has 0 nitrogen and oxygen atoms in total. The molecule has 0 spiro atoms. The van der Waals surface area contributed by atoms with Gasteiger partial charge < -0.3 is 0 Å². The van der Waals surface area contributed by atoms with Crippen LogP contribution in [-0.4, -0.2) is 6.16 Å². The van der Waals surface area contributed by atoms with Gasteiger partial charge in [-0.1, -0.05) is 0 Å². The average Bonchev–Trinajstić information content (AvgIpc) is 2.75. The molecule has 0 unspecified atom stereocenters. The van der Waals surface area contributed by atoms with Crippen LogP contribution in [0.2, 0.25) is 0 Å². The second kappa shape index (κ2) is 9.34. The first kappa shape index (κ1) is 20.6. The molecule has 0 saturated heterocycles. The number of benzene rings is 3. The van der Waals surface area contributed by atoms with E-state index in [4.69, 9.17) is 0 Å². The summed E-state index contributed by atoms with van der Waals surface area (Å²) in [4.78, 5) is 0. The normalized spacial score (nSPS) is 13.0. The van der Waals surface area contributed by atoms with Gasteiger partial charge in [0.05, 0.1) is 0 Å². The zero-order valence-corrected chi connectivity index (χ0v) is 19.3. The zero-order chi connectivity index (χ0) is 19.0. The van der Waals surface area contributed by atoms with Gasteiger partial charge in [0.25, 0.3) is 0 Å². The molecule has 0 radical (unpaired) electrons. The van der Waals surface area contributed by atoms with Gasteiger partial charge in [-0.2, -0.15) is 0 Å². The number of hydrogen-bond donors (Lipinski definition) is 0. The van der Waals surface area contributed by atoms with Crippen molar-refractivity contribution >= 4 is 42.2 Å². The summed E-state index contributed by atoms with van der Waals surface area (Å²) in [6.45, 7) is 2.29. The van der Waals surface area contributed by atoms with E-state index in [2.05, 4.69) is 120 Å². The van der Waals surface area contributed by atoms with Crippen molar-refractivity contribution in [3.05, 3.63) is 91.0 Å². The van der Waals surface area contributed by atoms with Crippen LogP contribution >= 0.6 is 26.3 Å². The van der Waals surface area contributed by atoms with Gasteiger partial charge in [-0.15, -0.1) is 0 Å². The first-order chi connectivity index (χ1) is 13.2. The van der Waals surface area contributed by atoms with Gasteiger partial charge in [-0.3, -0.25) is 0 Å². The molecule has 0 saturated carbocycles. The Labute approximate surface area is 177 Å². The molecule has 3 aromatic carbocycles. The number of hydrogen-bond acceptors (Lipinski definition) is 0. The van der Waals surface area contributed by atoms with Crippen LogP contribution in [0.15, 0.2) is 91.0 Å². The fourth-order valence-electron chi connectivity index (χ4n) is 4.06. The van der Waals surface area contributed by atoms with Crippen molar-refractivity contribution in [2.24, 2.45) is 0 Å². The predicted octanol–water partition coefficient (Wildman–Crippen LogP) is 6.84.